The zero-order valence-electron chi connectivity index (χ0n) is 21.2. The molecule has 0 bridgehead atoms. The number of nitrogens with one attached hydrogen (secondary N) is 1. The summed E-state index contributed by atoms with van der Waals surface area (Å²) in [6.07, 6.45) is 2.60. The molecule has 1 saturated heterocycles. The van der Waals surface area contributed by atoms with Gasteiger partial charge in [0.25, 0.3) is 0 Å². The van der Waals surface area contributed by atoms with Gasteiger partial charge in [-0.3, -0.25) is 9.69 Å². The van der Waals surface area contributed by atoms with E-state index in [0.717, 1.165) is 11.8 Å². The Labute approximate surface area is 227 Å². The Kier molecular flexibility index (Phi) is 9.02. The van der Waals surface area contributed by atoms with Gasteiger partial charge in [-0.1, -0.05) is 35.5 Å². The molecule has 210 valence electrons. The van der Waals surface area contributed by atoms with E-state index in [4.69, 9.17) is 9.26 Å². The Morgan fingerprint density at radius 2 is 1.69 bits per heavy atom. The van der Waals surface area contributed by atoms with Crippen LogP contribution >= 0.6 is 0 Å². The van der Waals surface area contributed by atoms with Crippen LogP contribution in [0.1, 0.15) is 17.4 Å². The highest BCUT2D eigenvalue weighted by Gasteiger charge is 2.32. The average molecular weight is 579 g/mol. The van der Waals surface area contributed by atoms with Gasteiger partial charge >= 0.3 is 5.97 Å². The zero-order valence-corrected chi connectivity index (χ0v) is 22.8. The van der Waals surface area contributed by atoms with Gasteiger partial charge in [0.05, 0.1) is 11.2 Å². The van der Waals surface area contributed by atoms with Crippen LogP contribution < -0.4 is 9.46 Å². The molecule has 2 heterocycles. The minimum Gasteiger partial charge on any atom is -0.484 e. The lowest BCUT2D eigenvalue weighted by Gasteiger charge is -2.36. The fraction of sp³-hybridized carbons (Fsp3) is 0.360. The number of piperazine rings is 1. The highest BCUT2D eigenvalue weighted by Crippen LogP contribution is 2.26. The van der Waals surface area contributed by atoms with Gasteiger partial charge in [-0.25, -0.2) is 21.6 Å². The SMILES string of the molecule is CS(=O)(=O)N1CCN([C@@H](CNS(=O)(=O)c2ccc(OC(Cc3ccccc3)c3ccon3)cc2)C(=O)O)CC1. The van der Waals surface area contributed by atoms with Crippen molar-refractivity contribution in [3.63, 3.8) is 0 Å². The van der Waals surface area contributed by atoms with Crippen molar-refractivity contribution < 1.29 is 36.0 Å². The number of ether oxygens (including phenoxy) is 1. The van der Waals surface area contributed by atoms with Gasteiger partial charge in [-0.05, 0) is 29.8 Å². The van der Waals surface area contributed by atoms with Gasteiger partial charge in [-0.2, -0.15) is 4.31 Å². The summed E-state index contributed by atoms with van der Waals surface area (Å²) in [6, 6.07) is 16.0. The first-order valence-corrected chi connectivity index (χ1v) is 15.5. The molecule has 2 N–H and O–H groups in total. The van der Waals surface area contributed by atoms with Gasteiger partial charge in [0.2, 0.25) is 20.0 Å². The number of benzene rings is 2. The lowest BCUT2D eigenvalue weighted by Crippen LogP contribution is -2.56. The van der Waals surface area contributed by atoms with Crippen molar-refractivity contribution in [2.75, 3.05) is 39.0 Å². The van der Waals surface area contributed by atoms with Crippen LogP contribution in [-0.2, 0) is 31.3 Å². The number of sulfonamides is 2. The van der Waals surface area contributed by atoms with E-state index in [1.165, 1.54) is 34.8 Å². The van der Waals surface area contributed by atoms with E-state index in [9.17, 15) is 26.7 Å². The number of aromatic nitrogens is 1. The Balaban J connectivity index is 1.39. The van der Waals surface area contributed by atoms with E-state index in [0.29, 0.717) is 17.9 Å². The number of aliphatic carboxylic acids is 1. The standard InChI is InChI=1S/C25H30N4O8S2/c1-38(32,33)29-14-12-28(13-15-29)23(25(30)31)18-26-39(34,35)21-9-7-20(8-10-21)37-24(22-11-16-36-27-22)17-19-5-3-2-4-6-19/h2-11,16,23-24,26H,12-15,17-18H2,1H3,(H,30,31)/t23-,24?/m0/s1. The van der Waals surface area contributed by atoms with Crippen molar-refractivity contribution >= 4 is 26.0 Å². The van der Waals surface area contributed by atoms with Crippen LogP contribution in [0.4, 0.5) is 0 Å². The molecule has 4 rings (SSSR count). The van der Waals surface area contributed by atoms with Crippen molar-refractivity contribution in [2.24, 2.45) is 0 Å². The smallest absolute Gasteiger partial charge is 0.322 e. The summed E-state index contributed by atoms with van der Waals surface area (Å²) >= 11 is 0. The number of rotatable bonds is 12. The van der Waals surface area contributed by atoms with E-state index in [1.54, 1.807) is 11.0 Å². The molecular formula is C25H30N4O8S2. The van der Waals surface area contributed by atoms with Gasteiger partial charge < -0.3 is 14.4 Å². The van der Waals surface area contributed by atoms with Crippen LogP contribution in [0.25, 0.3) is 0 Å². The molecule has 0 radical (unpaired) electrons. The van der Waals surface area contributed by atoms with Crippen LogP contribution in [-0.4, -0.2) is 87.3 Å². The minimum absolute atomic E-state index is 0.0538. The fourth-order valence-corrected chi connectivity index (χ4v) is 6.14. The quantitative estimate of drug-likeness (QED) is 0.321. The molecule has 2 atom stereocenters. The maximum Gasteiger partial charge on any atom is 0.322 e. The van der Waals surface area contributed by atoms with Crippen molar-refractivity contribution in [3.05, 3.63) is 78.2 Å². The van der Waals surface area contributed by atoms with Crippen molar-refractivity contribution in [3.8, 4) is 5.75 Å². The second kappa shape index (κ2) is 12.3. The highest BCUT2D eigenvalue weighted by molar-refractivity contribution is 7.89. The molecule has 0 saturated carbocycles. The molecule has 1 fully saturated rings. The first-order chi connectivity index (χ1) is 18.5. The third-order valence-corrected chi connectivity index (χ3v) is 9.14. The molecule has 0 spiro atoms. The predicted molar refractivity (Wildman–Crippen MR) is 141 cm³/mol. The first-order valence-electron chi connectivity index (χ1n) is 12.2. The lowest BCUT2D eigenvalue weighted by atomic mass is 10.1. The second-order valence-corrected chi connectivity index (χ2v) is 12.8. The molecule has 12 nitrogen and oxygen atoms in total. The van der Waals surface area contributed by atoms with Crippen LogP contribution in [0.3, 0.4) is 0 Å². The summed E-state index contributed by atoms with van der Waals surface area (Å²) in [5.74, 6) is -0.781. The average Bonchev–Trinajstić information content (AvgIpc) is 3.44. The number of nitrogens with zero attached hydrogens (tertiary/aromatic N) is 3. The summed E-state index contributed by atoms with van der Waals surface area (Å²) in [4.78, 5) is 13.4. The van der Waals surface area contributed by atoms with Crippen LogP contribution in [0.5, 0.6) is 5.75 Å². The highest BCUT2D eigenvalue weighted by atomic mass is 32.2. The molecule has 14 heteroatoms. The van der Waals surface area contributed by atoms with Gasteiger partial charge in [-0.15, -0.1) is 0 Å². The van der Waals surface area contributed by atoms with E-state index in [1.807, 2.05) is 30.3 Å². The van der Waals surface area contributed by atoms with Crippen molar-refractivity contribution in [1.82, 2.24) is 19.1 Å². The molecule has 1 unspecified atom stereocenters. The van der Waals surface area contributed by atoms with Gasteiger partial charge in [0, 0.05) is 45.2 Å². The number of hydrogen-bond acceptors (Lipinski definition) is 9. The van der Waals surface area contributed by atoms with E-state index in [-0.39, 0.29) is 37.6 Å². The Morgan fingerprint density at radius 1 is 1.03 bits per heavy atom. The van der Waals surface area contributed by atoms with E-state index >= 15 is 0 Å². The normalized spacial score (nSPS) is 16.9. The van der Waals surface area contributed by atoms with Crippen LogP contribution in [0, 0.1) is 0 Å². The number of carboxylic acids is 1. The topological polar surface area (TPSA) is 159 Å². The Bertz CT molecular complexity index is 1440. The largest absolute Gasteiger partial charge is 0.484 e. The summed E-state index contributed by atoms with van der Waals surface area (Å²) in [7, 11) is -7.41. The summed E-state index contributed by atoms with van der Waals surface area (Å²) in [5, 5.41) is 13.7. The number of hydrogen-bond donors (Lipinski definition) is 2. The zero-order chi connectivity index (χ0) is 28.0. The van der Waals surface area contributed by atoms with Crippen molar-refractivity contribution in [2.45, 2.75) is 23.5 Å². The molecule has 39 heavy (non-hydrogen) atoms. The molecule has 2 aromatic carbocycles. The second-order valence-electron chi connectivity index (χ2n) is 9.10. The molecule has 0 aliphatic carbocycles. The van der Waals surface area contributed by atoms with E-state index < -0.39 is 38.2 Å². The third-order valence-electron chi connectivity index (χ3n) is 6.40. The van der Waals surface area contributed by atoms with Gasteiger partial charge in [0.15, 0.2) is 0 Å². The summed E-state index contributed by atoms with van der Waals surface area (Å²) < 4.78 is 64.0. The minimum atomic E-state index is -4.03. The van der Waals surface area contributed by atoms with Gasteiger partial charge in [0.1, 0.15) is 29.9 Å². The maximum absolute atomic E-state index is 12.9. The molecule has 1 aliphatic heterocycles. The number of carbonyl (C=O) groups is 1. The molecule has 1 aliphatic rings. The van der Waals surface area contributed by atoms with E-state index in [2.05, 4.69) is 9.88 Å². The lowest BCUT2D eigenvalue weighted by molar-refractivity contribution is -0.143. The molecule has 1 aromatic heterocycles. The third kappa shape index (κ3) is 7.64. The van der Waals surface area contributed by atoms with Crippen molar-refractivity contribution in [1.29, 1.82) is 0 Å². The van der Waals surface area contributed by atoms with Crippen LogP contribution in [0.2, 0.25) is 0 Å². The summed E-state index contributed by atoms with van der Waals surface area (Å²) in [5.41, 5.74) is 1.62. The fourth-order valence-electron chi connectivity index (χ4n) is 4.28. The molecular weight excluding hydrogens is 548 g/mol. The Morgan fingerprint density at radius 3 is 2.26 bits per heavy atom. The van der Waals surface area contributed by atoms with Crippen LogP contribution in [0.15, 0.2) is 76.3 Å². The molecule has 3 aromatic rings. The first kappa shape index (κ1) is 28.7. The number of carboxylic acid groups (broad SMARTS) is 1. The summed E-state index contributed by atoms with van der Waals surface area (Å²) in [6.45, 7) is 0.244. The Hall–Kier alpha value is -3.30. The molecule has 0 amide bonds. The maximum atomic E-state index is 12.9. The predicted octanol–water partition coefficient (Wildman–Crippen LogP) is 1.35. The monoisotopic (exact) mass is 578 g/mol.